The Labute approximate surface area is 100 Å². The Hall–Kier alpha value is -0.820. The molecule has 0 aliphatic carbocycles. The Morgan fingerprint density at radius 2 is 1.81 bits per heavy atom. The first-order valence-corrected chi connectivity index (χ1v) is 6.25. The van der Waals surface area contributed by atoms with Gasteiger partial charge in [0.2, 0.25) is 0 Å². The molecule has 1 rings (SSSR count). The fourth-order valence-corrected chi connectivity index (χ4v) is 1.81. The summed E-state index contributed by atoms with van der Waals surface area (Å²) in [6.07, 6.45) is 1.19. The highest BCUT2D eigenvalue weighted by Gasteiger charge is 2.14. The lowest BCUT2D eigenvalue weighted by Gasteiger charge is -2.21. The molecule has 0 fully saturated rings. The zero-order valence-corrected chi connectivity index (χ0v) is 11.4. The van der Waals surface area contributed by atoms with E-state index in [1.807, 2.05) is 0 Å². The van der Waals surface area contributed by atoms with E-state index in [4.69, 9.17) is 0 Å². The number of hydrogen-bond donors (Lipinski definition) is 1. The summed E-state index contributed by atoms with van der Waals surface area (Å²) >= 11 is 0. The second-order valence-electron chi connectivity index (χ2n) is 5.63. The molecule has 90 valence electrons. The van der Waals surface area contributed by atoms with Crippen LogP contribution in [0.3, 0.4) is 0 Å². The summed E-state index contributed by atoms with van der Waals surface area (Å²) in [5.41, 5.74) is 4.44. The maximum atomic E-state index is 3.46. The number of hydrogen-bond acceptors (Lipinski definition) is 1. The Balaban J connectivity index is 2.82. The van der Waals surface area contributed by atoms with Crippen LogP contribution in [0.1, 0.15) is 50.8 Å². The average molecular weight is 219 g/mol. The third kappa shape index (κ3) is 3.97. The van der Waals surface area contributed by atoms with Gasteiger partial charge < -0.3 is 5.32 Å². The largest absolute Gasteiger partial charge is 0.313 e. The molecule has 0 unspecified atom stereocenters. The average Bonchev–Trinajstić information content (AvgIpc) is 2.16. The second-order valence-corrected chi connectivity index (χ2v) is 5.63. The smallest absolute Gasteiger partial charge is 0.0205 e. The quantitative estimate of drug-likeness (QED) is 0.760. The van der Waals surface area contributed by atoms with Gasteiger partial charge in [0.05, 0.1) is 0 Å². The van der Waals surface area contributed by atoms with Gasteiger partial charge in [0.25, 0.3) is 0 Å². The van der Waals surface area contributed by atoms with Gasteiger partial charge in [-0.3, -0.25) is 0 Å². The van der Waals surface area contributed by atoms with Crippen LogP contribution in [0, 0.1) is 6.92 Å². The highest BCUT2D eigenvalue weighted by molar-refractivity contribution is 5.33. The zero-order valence-electron chi connectivity index (χ0n) is 11.4. The minimum absolute atomic E-state index is 0.242. The molecule has 0 amide bonds. The molecule has 16 heavy (non-hydrogen) atoms. The van der Waals surface area contributed by atoms with Gasteiger partial charge in [-0.15, -0.1) is 0 Å². The molecule has 1 aromatic carbocycles. The first-order valence-electron chi connectivity index (χ1n) is 6.25. The number of nitrogens with one attached hydrogen (secondary N) is 1. The molecule has 0 aliphatic heterocycles. The first kappa shape index (κ1) is 13.2. The van der Waals surface area contributed by atoms with E-state index in [9.17, 15) is 0 Å². The van der Waals surface area contributed by atoms with Crippen LogP contribution in [0.25, 0.3) is 0 Å². The SMILES string of the molecule is CCCNCc1cc(C)cc(C(C)(C)C)c1. The molecular weight excluding hydrogens is 194 g/mol. The molecule has 1 nitrogen and oxygen atoms in total. The lowest BCUT2D eigenvalue weighted by Crippen LogP contribution is -2.16. The minimum Gasteiger partial charge on any atom is -0.313 e. The standard InChI is InChI=1S/C15H25N/c1-6-7-16-11-13-8-12(2)9-14(10-13)15(3,4)5/h8-10,16H,6-7,11H2,1-5H3. The van der Waals surface area contributed by atoms with Gasteiger partial charge in [-0.05, 0) is 36.4 Å². The normalized spacial score (nSPS) is 11.8. The molecule has 0 heterocycles. The van der Waals surface area contributed by atoms with E-state index >= 15 is 0 Å². The predicted molar refractivity (Wildman–Crippen MR) is 71.9 cm³/mol. The van der Waals surface area contributed by atoms with Crippen molar-refractivity contribution in [2.24, 2.45) is 0 Å². The van der Waals surface area contributed by atoms with Crippen molar-refractivity contribution in [1.82, 2.24) is 5.32 Å². The predicted octanol–water partition coefficient (Wildman–Crippen LogP) is 3.79. The van der Waals surface area contributed by atoms with Crippen LogP contribution < -0.4 is 5.32 Å². The van der Waals surface area contributed by atoms with Crippen molar-refractivity contribution < 1.29 is 0 Å². The van der Waals surface area contributed by atoms with Crippen LogP contribution in [0.4, 0.5) is 0 Å². The van der Waals surface area contributed by atoms with Crippen molar-refractivity contribution in [3.8, 4) is 0 Å². The van der Waals surface area contributed by atoms with Gasteiger partial charge in [-0.1, -0.05) is 51.5 Å². The number of benzene rings is 1. The van der Waals surface area contributed by atoms with Crippen molar-refractivity contribution in [2.45, 2.75) is 53.0 Å². The maximum Gasteiger partial charge on any atom is 0.0205 e. The molecular formula is C15H25N. The second kappa shape index (κ2) is 5.49. The van der Waals surface area contributed by atoms with Crippen LogP contribution in [0.5, 0.6) is 0 Å². The lowest BCUT2D eigenvalue weighted by molar-refractivity contribution is 0.587. The van der Waals surface area contributed by atoms with Crippen molar-refractivity contribution in [3.05, 3.63) is 34.9 Å². The topological polar surface area (TPSA) is 12.0 Å². The van der Waals surface area contributed by atoms with Gasteiger partial charge in [0.15, 0.2) is 0 Å². The van der Waals surface area contributed by atoms with E-state index in [0.717, 1.165) is 13.1 Å². The Kier molecular flexibility index (Phi) is 4.55. The van der Waals surface area contributed by atoms with Gasteiger partial charge >= 0.3 is 0 Å². The van der Waals surface area contributed by atoms with E-state index in [-0.39, 0.29) is 5.41 Å². The molecule has 1 aromatic rings. The van der Waals surface area contributed by atoms with E-state index < -0.39 is 0 Å². The minimum atomic E-state index is 0.242. The summed E-state index contributed by atoms with van der Waals surface area (Å²) in [4.78, 5) is 0. The Morgan fingerprint density at radius 1 is 1.12 bits per heavy atom. The number of aryl methyl sites for hydroxylation is 1. The fourth-order valence-electron chi connectivity index (χ4n) is 1.81. The summed E-state index contributed by atoms with van der Waals surface area (Å²) < 4.78 is 0. The van der Waals surface area contributed by atoms with Crippen LogP contribution in [-0.2, 0) is 12.0 Å². The molecule has 1 heteroatoms. The fraction of sp³-hybridized carbons (Fsp3) is 0.600. The van der Waals surface area contributed by atoms with Crippen molar-refractivity contribution in [3.63, 3.8) is 0 Å². The highest BCUT2D eigenvalue weighted by Crippen LogP contribution is 2.24. The monoisotopic (exact) mass is 219 g/mol. The molecule has 0 bridgehead atoms. The van der Waals surface area contributed by atoms with Crippen molar-refractivity contribution in [2.75, 3.05) is 6.54 Å². The van der Waals surface area contributed by atoms with Gasteiger partial charge in [-0.2, -0.15) is 0 Å². The molecule has 0 saturated heterocycles. The molecule has 0 atom stereocenters. The van der Waals surface area contributed by atoms with Crippen LogP contribution in [-0.4, -0.2) is 6.54 Å². The molecule has 0 aromatic heterocycles. The van der Waals surface area contributed by atoms with Gasteiger partial charge in [0.1, 0.15) is 0 Å². The van der Waals surface area contributed by atoms with E-state index in [1.54, 1.807) is 0 Å². The molecule has 0 saturated carbocycles. The molecule has 0 radical (unpaired) electrons. The highest BCUT2D eigenvalue weighted by atomic mass is 14.8. The van der Waals surface area contributed by atoms with Gasteiger partial charge in [0, 0.05) is 6.54 Å². The Bertz CT molecular complexity index is 334. The summed E-state index contributed by atoms with van der Waals surface area (Å²) in [5.74, 6) is 0. The van der Waals surface area contributed by atoms with E-state index in [1.165, 1.54) is 23.1 Å². The summed E-state index contributed by atoms with van der Waals surface area (Å²) in [5, 5.41) is 3.46. The third-order valence-electron chi connectivity index (χ3n) is 2.76. The first-order chi connectivity index (χ1) is 7.43. The maximum absolute atomic E-state index is 3.46. The van der Waals surface area contributed by atoms with E-state index in [0.29, 0.717) is 0 Å². The van der Waals surface area contributed by atoms with Crippen molar-refractivity contribution >= 4 is 0 Å². The van der Waals surface area contributed by atoms with Crippen LogP contribution in [0.2, 0.25) is 0 Å². The molecule has 0 aliphatic rings. The summed E-state index contributed by atoms with van der Waals surface area (Å²) in [7, 11) is 0. The van der Waals surface area contributed by atoms with Crippen molar-refractivity contribution in [1.29, 1.82) is 0 Å². The van der Waals surface area contributed by atoms with Crippen LogP contribution >= 0.6 is 0 Å². The van der Waals surface area contributed by atoms with Gasteiger partial charge in [-0.25, -0.2) is 0 Å². The zero-order chi connectivity index (χ0) is 12.2. The molecule has 0 spiro atoms. The Morgan fingerprint density at radius 3 is 2.38 bits per heavy atom. The molecule has 1 N–H and O–H groups in total. The van der Waals surface area contributed by atoms with Crippen LogP contribution in [0.15, 0.2) is 18.2 Å². The summed E-state index contributed by atoms with van der Waals surface area (Å²) in [6, 6.07) is 6.90. The lowest BCUT2D eigenvalue weighted by atomic mass is 9.85. The third-order valence-corrected chi connectivity index (χ3v) is 2.76. The van der Waals surface area contributed by atoms with E-state index in [2.05, 4.69) is 58.1 Å². The number of rotatable bonds is 4. The summed E-state index contributed by atoms with van der Waals surface area (Å²) in [6.45, 7) is 13.3.